The van der Waals surface area contributed by atoms with Crippen LogP contribution in [0.3, 0.4) is 0 Å². The highest BCUT2D eigenvalue weighted by Gasteiger charge is 2.30. The molecule has 134 valence electrons. The van der Waals surface area contributed by atoms with Crippen LogP contribution in [0.1, 0.15) is 11.7 Å². The average Bonchev–Trinajstić information content (AvgIpc) is 2.49. The molecule has 1 aromatic rings. The van der Waals surface area contributed by atoms with Crippen molar-refractivity contribution in [2.75, 3.05) is 12.9 Å². The monoisotopic (exact) mass is 402 g/mol. The number of amides is 1. The third-order valence-corrected chi connectivity index (χ3v) is 4.42. The second kappa shape index (κ2) is 8.45. The predicted molar refractivity (Wildman–Crippen MR) is 83.8 cm³/mol. The maximum atomic E-state index is 13.2. The Hall–Kier alpha value is -1.65. The Kier molecular flexibility index (Phi) is 7.18. The van der Waals surface area contributed by atoms with Crippen LogP contribution in [-0.4, -0.2) is 43.2 Å². The lowest BCUT2D eigenvalue weighted by atomic mass is 10.0. The van der Waals surface area contributed by atoms with Gasteiger partial charge >= 0.3 is 0 Å². The maximum Gasteiger partial charge on any atom is 0.295 e. The number of benzene rings is 1. The first kappa shape index (κ1) is 20.4. The number of nitrogens with zero attached hydrogens (tertiary/aromatic N) is 1. The van der Waals surface area contributed by atoms with Gasteiger partial charge in [0.15, 0.2) is 20.8 Å². The highest BCUT2D eigenvalue weighted by Crippen LogP contribution is 2.24. The number of sulfone groups is 1. The zero-order valence-corrected chi connectivity index (χ0v) is 14.5. The van der Waals surface area contributed by atoms with Crippen LogP contribution >= 0.6 is 23.2 Å². The third-order valence-electron chi connectivity index (χ3n) is 2.89. The molecule has 1 rings (SSSR count). The lowest BCUT2D eigenvalue weighted by Crippen LogP contribution is -2.44. The van der Waals surface area contributed by atoms with Crippen molar-refractivity contribution in [1.82, 2.24) is 5.32 Å². The van der Waals surface area contributed by atoms with Crippen LogP contribution in [-0.2, 0) is 19.5 Å². The Balaban J connectivity index is 3.15. The van der Waals surface area contributed by atoms with E-state index in [0.717, 1.165) is 6.26 Å². The van der Waals surface area contributed by atoms with E-state index in [1.165, 1.54) is 24.3 Å². The molecule has 0 fully saturated rings. The van der Waals surface area contributed by atoms with Crippen molar-refractivity contribution < 1.29 is 27.5 Å². The van der Waals surface area contributed by atoms with Crippen molar-refractivity contribution in [2.45, 2.75) is 21.9 Å². The van der Waals surface area contributed by atoms with Gasteiger partial charge in [-0.1, -0.05) is 35.3 Å². The van der Waals surface area contributed by atoms with Crippen LogP contribution in [0.2, 0.25) is 0 Å². The number of hydrogen-bond donors (Lipinski definition) is 1. The van der Waals surface area contributed by atoms with Crippen molar-refractivity contribution in [1.29, 1.82) is 0 Å². The first-order valence-electron chi connectivity index (χ1n) is 6.32. The molecule has 0 spiro atoms. The van der Waals surface area contributed by atoms with Gasteiger partial charge < -0.3 is 10.2 Å². The maximum absolute atomic E-state index is 13.2. The number of alkyl halides is 3. The molecule has 0 aliphatic rings. The SMILES string of the molecule is CS(=O)(=O)c1ccc([C@@H](O[N+](=O)[O-])[C@@H](CF)NC(=O)C(Cl)Cl)cc1. The number of carbonyl (C=O) groups is 1. The lowest BCUT2D eigenvalue weighted by molar-refractivity contribution is -0.771. The predicted octanol–water partition coefficient (Wildman–Crippen LogP) is 1.60. The summed E-state index contributed by atoms with van der Waals surface area (Å²) < 4.78 is 36.1. The highest BCUT2D eigenvalue weighted by atomic mass is 35.5. The van der Waals surface area contributed by atoms with Gasteiger partial charge in [-0.05, 0) is 17.7 Å². The Labute approximate surface area is 146 Å². The van der Waals surface area contributed by atoms with E-state index in [4.69, 9.17) is 23.2 Å². The summed E-state index contributed by atoms with van der Waals surface area (Å²) in [5, 5.41) is 11.6. The van der Waals surface area contributed by atoms with Crippen LogP contribution in [0, 0.1) is 10.1 Å². The number of halogens is 3. The van der Waals surface area contributed by atoms with Gasteiger partial charge in [0.2, 0.25) is 0 Å². The van der Waals surface area contributed by atoms with Gasteiger partial charge in [-0.3, -0.25) is 4.79 Å². The molecule has 2 atom stereocenters. The summed E-state index contributed by atoms with van der Waals surface area (Å²) in [7, 11) is -3.48. The second-order valence-corrected chi connectivity index (χ2v) is 7.77. The summed E-state index contributed by atoms with van der Waals surface area (Å²) in [6.07, 6.45) is -0.534. The standard InChI is InChI=1S/C12H13Cl2FN2O6S/c1-24(21,22)8-4-2-7(3-5-8)10(23-17(19)20)9(6-15)16-12(18)11(13)14/h2-5,9-11H,6H2,1H3,(H,16,18)/t9-,10-/m1/s1. The number of hydrogen-bond acceptors (Lipinski definition) is 6. The fourth-order valence-electron chi connectivity index (χ4n) is 1.80. The lowest BCUT2D eigenvalue weighted by Gasteiger charge is -2.24. The Morgan fingerprint density at radius 1 is 1.38 bits per heavy atom. The Morgan fingerprint density at radius 3 is 2.29 bits per heavy atom. The van der Waals surface area contributed by atoms with Gasteiger partial charge in [0.25, 0.3) is 11.0 Å². The Bertz CT molecular complexity index is 698. The van der Waals surface area contributed by atoms with Crippen LogP contribution < -0.4 is 5.32 Å². The molecular formula is C12H13Cl2FN2O6S. The minimum atomic E-state index is -3.48. The molecule has 0 unspecified atom stereocenters. The van der Waals surface area contributed by atoms with Crippen LogP contribution in [0.15, 0.2) is 29.2 Å². The summed E-state index contributed by atoms with van der Waals surface area (Å²) in [4.78, 5) is 25.0. The molecule has 1 N–H and O–H groups in total. The van der Waals surface area contributed by atoms with Gasteiger partial charge in [0, 0.05) is 6.26 Å². The number of rotatable bonds is 8. The molecule has 0 heterocycles. The molecule has 0 aliphatic carbocycles. The van der Waals surface area contributed by atoms with Crippen molar-refractivity contribution in [3.8, 4) is 0 Å². The van der Waals surface area contributed by atoms with E-state index in [0.29, 0.717) is 0 Å². The van der Waals surface area contributed by atoms with E-state index in [1.807, 2.05) is 0 Å². The van der Waals surface area contributed by atoms with E-state index in [2.05, 4.69) is 10.2 Å². The van der Waals surface area contributed by atoms with Crippen molar-refractivity contribution in [2.24, 2.45) is 0 Å². The largest absolute Gasteiger partial charge is 0.346 e. The highest BCUT2D eigenvalue weighted by molar-refractivity contribution is 7.90. The quantitative estimate of drug-likeness (QED) is 0.401. The van der Waals surface area contributed by atoms with E-state index in [-0.39, 0.29) is 10.5 Å². The second-order valence-electron chi connectivity index (χ2n) is 4.66. The number of carbonyl (C=O) groups excluding carboxylic acids is 1. The molecule has 0 aromatic heterocycles. The molecule has 1 aromatic carbocycles. The van der Waals surface area contributed by atoms with Gasteiger partial charge in [-0.15, -0.1) is 10.1 Å². The fraction of sp³-hybridized carbons (Fsp3) is 0.417. The molecule has 0 aliphatic heterocycles. The Morgan fingerprint density at radius 2 is 1.92 bits per heavy atom. The van der Waals surface area contributed by atoms with Crippen LogP contribution in [0.25, 0.3) is 0 Å². The van der Waals surface area contributed by atoms with Crippen LogP contribution in [0.5, 0.6) is 0 Å². The van der Waals surface area contributed by atoms with Crippen molar-refractivity contribution in [3.05, 3.63) is 39.9 Å². The van der Waals surface area contributed by atoms with Crippen LogP contribution in [0.4, 0.5) is 4.39 Å². The van der Waals surface area contributed by atoms with E-state index in [9.17, 15) is 27.7 Å². The van der Waals surface area contributed by atoms with Gasteiger partial charge in [-0.25, -0.2) is 12.8 Å². The minimum absolute atomic E-state index is 0.0338. The zero-order valence-electron chi connectivity index (χ0n) is 12.2. The van der Waals surface area contributed by atoms with Crippen molar-refractivity contribution >= 4 is 38.9 Å². The molecule has 12 heteroatoms. The average molecular weight is 403 g/mol. The molecular weight excluding hydrogens is 390 g/mol. The minimum Gasteiger partial charge on any atom is -0.346 e. The fourth-order valence-corrected chi connectivity index (χ4v) is 2.56. The van der Waals surface area contributed by atoms with Gasteiger partial charge in [0.1, 0.15) is 6.67 Å². The van der Waals surface area contributed by atoms with Gasteiger partial charge in [0.05, 0.1) is 10.9 Å². The summed E-state index contributed by atoms with van der Waals surface area (Å²) in [6.45, 7) is -1.21. The first-order valence-corrected chi connectivity index (χ1v) is 9.08. The number of nitrogens with one attached hydrogen (secondary N) is 1. The van der Waals surface area contributed by atoms with E-state index >= 15 is 0 Å². The third kappa shape index (κ3) is 5.77. The molecule has 8 nitrogen and oxygen atoms in total. The smallest absolute Gasteiger partial charge is 0.295 e. The molecule has 0 bridgehead atoms. The first-order chi connectivity index (χ1) is 11.1. The topological polar surface area (TPSA) is 116 Å². The zero-order chi connectivity index (χ0) is 18.5. The molecule has 1 amide bonds. The summed E-state index contributed by atoms with van der Waals surface area (Å²) in [5.41, 5.74) is 0.0859. The molecule has 0 saturated heterocycles. The van der Waals surface area contributed by atoms with E-state index < -0.39 is 44.5 Å². The van der Waals surface area contributed by atoms with E-state index in [1.54, 1.807) is 0 Å². The summed E-state index contributed by atoms with van der Waals surface area (Å²) in [6, 6.07) is 3.36. The molecule has 24 heavy (non-hydrogen) atoms. The normalized spacial score (nSPS) is 14.0. The summed E-state index contributed by atoms with van der Waals surface area (Å²) in [5.74, 6) is -0.953. The summed E-state index contributed by atoms with van der Waals surface area (Å²) >= 11 is 10.7. The molecule has 0 saturated carbocycles. The molecule has 0 radical (unpaired) electrons. The van der Waals surface area contributed by atoms with Crippen molar-refractivity contribution in [3.63, 3.8) is 0 Å². The van der Waals surface area contributed by atoms with Gasteiger partial charge in [-0.2, -0.15) is 0 Å².